The van der Waals surface area contributed by atoms with Gasteiger partial charge in [-0.2, -0.15) is 0 Å². The van der Waals surface area contributed by atoms with Crippen molar-refractivity contribution in [2.45, 2.75) is 50.9 Å². The van der Waals surface area contributed by atoms with Crippen LogP contribution in [0.5, 0.6) is 0 Å². The van der Waals surface area contributed by atoms with Crippen LogP contribution in [-0.4, -0.2) is 5.78 Å². The van der Waals surface area contributed by atoms with E-state index in [4.69, 9.17) is 0 Å². The van der Waals surface area contributed by atoms with Gasteiger partial charge in [-0.15, -0.1) is 0 Å². The summed E-state index contributed by atoms with van der Waals surface area (Å²) in [5.41, 5.74) is 4.46. The zero-order chi connectivity index (χ0) is 13.7. The Kier molecular flexibility index (Phi) is 2.67. The second-order valence-corrected chi connectivity index (χ2v) is 6.93. The van der Waals surface area contributed by atoms with Crippen LogP contribution in [0.2, 0.25) is 0 Å². The Bertz CT molecular complexity index is 598. The fourth-order valence-corrected chi connectivity index (χ4v) is 4.99. The van der Waals surface area contributed by atoms with Gasteiger partial charge in [-0.3, -0.25) is 4.79 Å². The molecule has 3 aliphatic carbocycles. The molecule has 2 bridgehead atoms. The van der Waals surface area contributed by atoms with Gasteiger partial charge in [0.15, 0.2) is 0 Å². The minimum atomic E-state index is 0.147. The number of fused-ring (bicyclic) bond motifs is 5. The first-order valence-corrected chi connectivity index (χ1v) is 8.04. The molecule has 1 saturated carbocycles. The molecule has 104 valence electrons. The second kappa shape index (κ2) is 4.31. The third kappa shape index (κ3) is 1.58. The zero-order valence-corrected chi connectivity index (χ0v) is 12.2. The van der Waals surface area contributed by atoms with Crippen LogP contribution < -0.4 is 0 Å². The van der Waals surface area contributed by atoms with E-state index in [1.54, 1.807) is 0 Å². The molecule has 0 heterocycles. The van der Waals surface area contributed by atoms with Crippen LogP contribution in [-0.2, 0) is 23.1 Å². The van der Waals surface area contributed by atoms with Crippen LogP contribution in [0, 0.1) is 11.8 Å². The van der Waals surface area contributed by atoms with Crippen molar-refractivity contribution in [3.8, 4) is 0 Å². The molecular formula is C19H22O. The minimum Gasteiger partial charge on any atom is -0.299 e. The van der Waals surface area contributed by atoms with Crippen LogP contribution in [0.3, 0.4) is 0 Å². The molecule has 20 heavy (non-hydrogen) atoms. The van der Waals surface area contributed by atoms with Crippen LogP contribution in [0.1, 0.15) is 49.3 Å². The normalized spacial score (nSPS) is 34.0. The standard InChI is InChI=1S/C19H22O/c1-2-4-14-5-3-6-18-17(14)10-16(20)12-19(18)11-13-7-8-15(19)9-13/h3,5-8,13,15H,2,4,9-12H2,1H3. The van der Waals surface area contributed by atoms with E-state index in [9.17, 15) is 4.79 Å². The predicted molar refractivity (Wildman–Crippen MR) is 80.8 cm³/mol. The predicted octanol–water partition coefficient (Wildman–Crippen LogP) is 3.99. The number of carbonyl (C=O) groups is 1. The van der Waals surface area contributed by atoms with Crippen LogP contribution >= 0.6 is 0 Å². The van der Waals surface area contributed by atoms with Crippen molar-refractivity contribution in [1.82, 2.24) is 0 Å². The maximum Gasteiger partial charge on any atom is 0.138 e. The van der Waals surface area contributed by atoms with Gasteiger partial charge >= 0.3 is 0 Å². The summed E-state index contributed by atoms with van der Waals surface area (Å²) >= 11 is 0. The number of benzene rings is 1. The van der Waals surface area contributed by atoms with E-state index in [1.165, 1.54) is 29.5 Å². The fraction of sp³-hybridized carbons (Fsp3) is 0.526. The van der Waals surface area contributed by atoms with Gasteiger partial charge in [0.05, 0.1) is 0 Å². The molecule has 3 atom stereocenters. The number of hydrogen-bond donors (Lipinski definition) is 0. The molecule has 3 aliphatic rings. The SMILES string of the molecule is CCCc1cccc2c1CC(=O)CC21CC2C=CC1C2. The lowest BCUT2D eigenvalue weighted by molar-refractivity contribution is -0.120. The van der Waals surface area contributed by atoms with Crippen molar-refractivity contribution >= 4 is 5.78 Å². The highest BCUT2D eigenvalue weighted by Crippen LogP contribution is 2.57. The molecule has 4 rings (SSSR count). The van der Waals surface area contributed by atoms with Gasteiger partial charge in [-0.05, 0) is 47.8 Å². The molecule has 3 unspecified atom stereocenters. The summed E-state index contributed by atoms with van der Waals surface area (Å²) in [6, 6.07) is 6.77. The minimum absolute atomic E-state index is 0.147. The quantitative estimate of drug-likeness (QED) is 0.740. The maximum absolute atomic E-state index is 12.4. The van der Waals surface area contributed by atoms with Crippen molar-refractivity contribution in [3.63, 3.8) is 0 Å². The average molecular weight is 266 g/mol. The Labute approximate surface area is 121 Å². The first-order valence-electron chi connectivity index (χ1n) is 8.04. The van der Waals surface area contributed by atoms with Gasteiger partial charge in [0.1, 0.15) is 5.78 Å². The monoisotopic (exact) mass is 266 g/mol. The average Bonchev–Trinajstić information content (AvgIpc) is 3.01. The van der Waals surface area contributed by atoms with Gasteiger partial charge in [-0.25, -0.2) is 0 Å². The third-order valence-corrected chi connectivity index (χ3v) is 5.72. The van der Waals surface area contributed by atoms with E-state index in [0.29, 0.717) is 24.0 Å². The van der Waals surface area contributed by atoms with E-state index >= 15 is 0 Å². The van der Waals surface area contributed by atoms with Crippen molar-refractivity contribution in [1.29, 1.82) is 0 Å². The Morgan fingerprint density at radius 1 is 1.30 bits per heavy atom. The van der Waals surface area contributed by atoms with E-state index in [2.05, 4.69) is 37.3 Å². The molecule has 1 spiro atoms. The Hall–Kier alpha value is -1.37. The smallest absolute Gasteiger partial charge is 0.138 e. The number of allylic oxidation sites excluding steroid dienone is 2. The second-order valence-electron chi connectivity index (χ2n) is 6.93. The zero-order valence-electron chi connectivity index (χ0n) is 12.2. The summed E-state index contributed by atoms with van der Waals surface area (Å²) in [6.45, 7) is 2.22. The number of hydrogen-bond acceptors (Lipinski definition) is 1. The molecule has 0 radical (unpaired) electrons. The first kappa shape index (κ1) is 12.4. The molecule has 1 nitrogen and oxygen atoms in total. The maximum atomic E-state index is 12.4. The Balaban J connectivity index is 1.88. The van der Waals surface area contributed by atoms with Gasteiger partial charge in [0.25, 0.3) is 0 Å². The van der Waals surface area contributed by atoms with Crippen molar-refractivity contribution < 1.29 is 4.79 Å². The van der Waals surface area contributed by atoms with Crippen LogP contribution in [0.15, 0.2) is 30.4 Å². The van der Waals surface area contributed by atoms with Crippen molar-refractivity contribution in [3.05, 3.63) is 47.0 Å². The number of aryl methyl sites for hydroxylation is 1. The van der Waals surface area contributed by atoms with Gasteiger partial charge in [-0.1, -0.05) is 43.7 Å². The molecular weight excluding hydrogens is 244 g/mol. The van der Waals surface area contributed by atoms with Crippen LogP contribution in [0.25, 0.3) is 0 Å². The number of rotatable bonds is 2. The topological polar surface area (TPSA) is 17.1 Å². The highest BCUT2D eigenvalue weighted by atomic mass is 16.1. The summed E-state index contributed by atoms with van der Waals surface area (Å²) in [4.78, 5) is 12.4. The molecule has 1 aromatic rings. The summed E-state index contributed by atoms with van der Waals surface area (Å²) in [7, 11) is 0. The van der Waals surface area contributed by atoms with E-state index in [1.807, 2.05) is 0 Å². The van der Waals surface area contributed by atoms with Gasteiger partial charge < -0.3 is 0 Å². The molecule has 0 saturated heterocycles. The molecule has 0 N–H and O–H groups in total. The first-order chi connectivity index (χ1) is 9.73. The van der Waals surface area contributed by atoms with Crippen molar-refractivity contribution in [2.75, 3.05) is 0 Å². The molecule has 1 heteroatoms. The molecule has 0 aliphatic heterocycles. The van der Waals surface area contributed by atoms with E-state index in [0.717, 1.165) is 19.3 Å². The van der Waals surface area contributed by atoms with E-state index in [-0.39, 0.29) is 5.41 Å². The molecule has 0 aromatic heterocycles. The van der Waals surface area contributed by atoms with Gasteiger partial charge in [0, 0.05) is 18.3 Å². The summed E-state index contributed by atoms with van der Waals surface area (Å²) in [6.07, 6.45) is 11.0. The number of ketones is 1. The lowest BCUT2D eigenvalue weighted by atomic mass is 9.62. The Morgan fingerprint density at radius 3 is 2.90 bits per heavy atom. The largest absolute Gasteiger partial charge is 0.299 e. The van der Waals surface area contributed by atoms with E-state index < -0.39 is 0 Å². The highest BCUT2D eigenvalue weighted by Gasteiger charge is 2.52. The summed E-state index contributed by atoms with van der Waals surface area (Å²) in [5, 5.41) is 0. The lowest BCUT2D eigenvalue weighted by Crippen LogP contribution is -2.39. The number of Topliss-reactive ketones (excluding diaryl/α,β-unsaturated/α-hetero) is 1. The number of carbonyl (C=O) groups excluding carboxylic acids is 1. The summed E-state index contributed by atoms with van der Waals surface area (Å²) < 4.78 is 0. The third-order valence-electron chi connectivity index (χ3n) is 5.72. The fourth-order valence-electron chi connectivity index (χ4n) is 4.99. The van der Waals surface area contributed by atoms with Crippen LogP contribution in [0.4, 0.5) is 0 Å². The van der Waals surface area contributed by atoms with Gasteiger partial charge in [0.2, 0.25) is 0 Å². The van der Waals surface area contributed by atoms with Crippen molar-refractivity contribution in [2.24, 2.45) is 11.8 Å². The molecule has 0 amide bonds. The molecule has 1 aromatic carbocycles. The highest BCUT2D eigenvalue weighted by molar-refractivity contribution is 5.86. The Morgan fingerprint density at radius 2 is 2.20 bits per heavy atom. The lowest BCUT2D eigenvalue weighted by Gasteiger charge is -2.41. The molecule has 1 fully saturated rings. The summed E-state index contributed by atoms with van der Waals surface area (Å²) in [5.74, 6) is 1.78.